The molecule has 0 spiro atoms. The molecule has 0 aromatic heterocycles. The van der Waals surface area contributed by atoms with Gasteiger partial charge in [0.1, 0.15) is 5.60 Å². The maximum atomic E-state index is 10.8. The molecule has 5 heteroatoms. The van der Waals surface area contributed by atoms with Crippen molar-refractivity contribution in [3.8, 4) is 0 Å². The molecule has 0 heterocycles. The molecule has 1 rings (SSSR count). The van der Waals surface area contributed by atoms with Crippen molar-refractivity contribution in [1.29, 1.82) is 0 Å². The molecule has 0 saturated heterocycles. The van der Waals surface area contributed by atoms with E-state index in [1.807, 2.05) is 26.8 Å². The zero-order chi connectivity index (χ0) is 14.9. The molecule has 0 saturated carbocycles. The molecule has 0 unspecified atom stereocenters. The van der Waals surface area contributed by atoms with E-state index in [1.54, 1.807) is 24.3 Å². The second-order valence-electron chi connectivity index (χ2n) is 4.61. The first-order valence-corrected chi connectivity index (χ1v) is 5.84. The number of rotatable bonds is 1. The van der Waals surface area contributed by atoms with Gasteiger partial charge in [-0.3, -0.25) is 0 Å². The van der Waals surface area contributed by atoms with Crippen molar-refractivity contribution in [1.82, 2.24) is 5.32 Å². The third-order valence-electron chi connectivity index (χ3n) is 1.80. The minimum absolute atomic E-state index is 0.291. The number of hydrogen-bond acceptors (Lipinski definition) is 4. The van der Waals surface area contributed by atoms with Crippen molar-refractivity contribution >= 4 is 12.1 Å². The molecule has 0 fully saturated rings. The summed E-state index contributed by atoms with van der Waals surface area (Å²) in [5, 5.41) is 2.36. The molecule has 19 heavy (non-hydrogen) atoms. The van der Waals surface area contributed by atoms with Gasteiger partial charge in [0.15, 0.2) is 0 Å². The molecule has 106 valence electrons. The molecular formula is C14H21NO4. The highest BCUT2D eigenvalue weighted by molar-refractivity contribution is 5.89. The Morgan fingerprint density at radius 2 is 1.63 bits per heavy atom. The first kappa shape index (κ1) is 17.0. The van der Waals surface area contributed by atoms with E-state index in [-0.39, 0.29) is 17.7 Å². The number of benzene rings is 1. The summed E-state index contributed by atoms with van der Waals surface area (Å²) in [5.74, 6) is -0.291. The number of nitrogens with one attached hydrogen (secondary N) is 1. The maximum Gasteiger partial charge on any atom is 0.407 e. The van der Waals surface area contributed by atoms with Gasteiger partial charge < -0.3 is 14.8 Å². The molecule has 1 N–H and O–H groups in total. The zero-order valence-corrected chi connectivity index (χ0v) is 12.0. The molecule has 1 aromatic carbocycles. The van der Waals surface area contributed by atoms with Crippen LogP contribution in [0, 0.1) is 0 Å². The van der Waals surface area contributed by atoms with E-state index in [9.17, 15) is 9.59 Å². The van der Waals surface area contributed by atoms with Crippen molar-refractivity contribution in [2.75, 3.05) is 14.2 Å². The van der Waals surface area contributed by atoms with Crippen LogP contribution in [-0.2, 0) is 9.47 Å². The average molecular weight is 267 g/mol. The highest BCUT2D eigenvalue weighted by atomic mass is 16.6. The van der Waals surface area contributed by atoms with E-state index in [4.69, 9.17) is 4.74 Å². The Hall–Kier alpha value is -2.04. The SMILES string of the molecule is CNC(=O)OC(C)(C)C.COC(=O)c1ccccc1. The van der Waals surface area contributed by atoms with Crippen molar-refractivity contribution in [2.24, 2.45) is 0 Å². The fraction of sp³-hybridized carbons (Fsp3) is 0.429. The molecule has 0 radical (unpaired) electrons. The Morgan fingerprint density at radius 1 is 1.11 bits per heavy atom. The molecular weight excluding hydrogens is 246 g/mol. The number of carbonyl (C=O) groups is 2. The second kappa shape index (κ2) is 8.13. The number of methoxy groups -OCH3 is 1. The highest BCUT2D eigenvalue weighted by Crippen LogP contribution is 2.05. The number of esters is 1. The molecule has 0 aliphatic heterocycles. The van der Waals surface area contributed by atoms with Gasteiger partial charge in [-0.25, -0.2) is 9.59 Å². The van der Waals surface area contributed by atoms with Crippen LogP contribution in [0.3, 0.4) is 0 Å². The molecule has 0 aliphatic rings. The van der Waals surface area contributed by atoms with Gasteiger partial charge in [0, 0.05) is 7.05 Å². The lowest BCUT2D eigenvalue weighted by Crippen LogP contribution is -2.30. The molecule has 0 aliphatic carbocycles. The Labute approximate surface area is 113 Å². The van der Waals surface area contributed by atoms with Gasteiger partial charge in [-0.15, -0.1) is 0 Å². The minimum Gasteiger partial charge on any atom is -0.465 e. The van der Waals surface area contributed by atoms with E-state index in [2.05, 4.69) is 10.1 Å². The van der Waals surface area contributed by atoms with Crippen molar-refractivity contribution < 1.29 is 19.1 Å². The first-order valence-electron chi connectivity index (χ1n) is 5.84. The standard InChI is InChI=1S/C8H8O2.C6H13NO2/c1-10-8(9)7-5-3-2-4-6-7;1-6(2,3)9-5(8)7-4/h2-6H,1H3;1-4H3,(H,7,8). The van der Waals surface area contributed by atoms with Crippen LogP contribution in [0.25, 0.3) is 0 Å². The fourth-order valence-electron chi connectivity index (χ4n) is 1.02. The Bertz CT molecular complexity index is 396. The molecule has 1 amide bonds. The van der Waals surface area contributed by atoms with Gasteiger partial charge in [0.25, 0.3) is 0 Å². The second-order valence-corrected chi connectivity index (χ2v) is 4.61. The maximum absolute atomic E-state index is 10.8. The first-order chi connectivity index (χ1) is 8.80. The summed E-state index contributed by atoms with van der Waals surface area (Å²) < 4.78 is 9.33. The lowest BCUT2D eigenvalue weighted by Gasteiger charge is -2.18. The largest absolute Gasteiger partial charge is 0.465 e. The van der Waals surface area contributed by atoms with Gasteiger partial charge in [-0.1, -0.05) is 18.2 Å². The third kappa shape index (κ3) is 8.65. The lowest BCUT2D eigenvalue weighted by molar-refractivity contribution is 0.0540. The third-order valence-corrected chi connectivity index (χ3v) is 1.80. The molecule has 5 nitrogen and oxygen atoms in total. The summed E-state index contributed by atoms with van der Waals surface area (Å²) in [7, 11) is 2.91. The van der Waals surface area contributed by atoms with Gasteiger partial charge in [0.2, 0.25) is 0 Å². The minimum atomic E-state index is -0.389. The number of carbonyl (C=O) groups excluding carboxylic acids is 2. The number of amides is 1. The van der Waals surface area contributed by atoms with Crippen LogP contribution in [0.5, 0.6) is 0 Å². The van der Waals surface area contributed by atoms with Gasteiger partial charge >= 0.3 is 12.1 Å². The number of alkyl carbamates (subject to hydrolysis) is 1. The van der Waals surface area contributed by atoms with Gasteiger partial charge in [-0.2, -0.15) is 0 Å². The van der Waals surface area contributed by atoms with Crippen LogP contribution in [0.2, 0.25) is 0 Å². The van der Waals surface area contributed by atoms with Crippen LogP contribution in [0.15, 0.2) is 30.3 Å². The van der Waals surface area contributed by atoms with Gasteiger partial charge in [-0.05, 0) is 32.9 Å². The Morgan fingerprint density at radius 3 is 1.95 bits per heavy atom. The Kier molecular flexibility index (Phi) is 7.26. The number of ether oxygens (including phenoxy) is 2. The predicted molar refractivity (Wildman–Crippen MR) is 73.1 cm³/mol. The summed E-state index contributed by atoms with van der Waals surface area (Å²) in [6.07, 6.45) is -0.387. The smallest absolute Gasteiger partial charge is 0.407 e. The molecule has 0 bridgehead atoms. The van der Waals surface area contributed by atoms with Crippen LogP contribution < -0.4 is 5.32 Å². The van der Waals surface area contributed by atoms with E-state index >= 15 is 0 Å². The van der Waals surface area contributed by atoms with Crippen LogP contribution >= 0.6 is 0 Å². The van der Waals surface area contributed by atoms with Crippen molar-refractivity contribution in [3.05, 3.63) is 35.9 Å². The topological polar surface area (TPSA) is 64.6 Å². The highest BCUT2D eigenvalue weighted by Gasteiger charge is 2.13. The summed E-state index contributed by atoms with van der Waals surface area (Å²) >= 11 is 0. The van der Waals surface area contributed by atoms with E-state index in [0.717, 1.165) is 0 Å². The van der Waals surface area contributed by atoms with Crippen LogP contribution in [-0.4, -0.2) is 31.8 Å². The zero-order valence-electron chi connectivity index (χ0n) is 12.0. The lowest BCUT2D eigenvalue weighted by atomic mass is 10.2. The van der Waals surface area contributed by atoms with E-state index < -0.39 is 0 Å². The van der Waals surface area contributed by atoms with E-state index in [1.165, 1.54) is 14.2 Å². The fourth-order valence-corrected chi connectivity index (χ4v) is 1.02. The van der Waals surface area contributed by atoms with Crippen molar-refractivity contribution in [3.63, 3.8) is 0 Å². The number of hydrogen-bond donors (Lipinski definition) is 1. The predicted octanol–water partition coefficient (Wildman–Crippen LogP) is 2.61. The summed E-state index contributed by atoms with van der Waals surface area (Å²) in [5.41, 5.74) is 0.199. The Balaban J connectivity index is 0.000000344. The summed E-state index contributed by atoms with van der Waals surface area (Å²) in [6.45, 7) is 5.46. The summed E-state index contributed by atoms with van der Waals surface area (Å²) in [4.78, 5) is 21.3. The summed E-state index contributed by atoms with van der Waals surface area (Å²) in [6, 6.07) is 8.88. The average Bonchev–Trinajstić information content (AvgIpc) is 2.37. The molecule has 1 aromatic rings. The van der Waals surface area contributed by atoms with Crippen LogP contribution in [0.1, 0.15) is 31.1 Å². The molecule has 0 atom stereocenters. The normalized spacial score (nSPS) is 9.74. The van der Waals surface area contributed by atoms with Gasteiger partial charge in [0.05, 0.1) is 12.7 Å². The van der Waals surface area contributed by atoms with E-state index in [0.29, 0.717) is 5.56 Å². The van der Waals surface area contributed by atoms with Crippen molar-refractivity contribution in [2.45, 2.75) is 26.4 Å². The van der Waals surface area contributed by atoms with Crippen LogP contribution in [0.4, 0.5) is 4.79 Å². The quantitative estimate of drug-likeness (QED) is 0.794. The monoisotopic (exact) mass is 267 g/mol.